The molecule has 2 amide bonds. The van der Waals surface area contributed by atoms with E-state index in [-0.39, 0.29) is 12.1 Å². The van der Waals surface area contributed by atoms with Crippen molar-refractivity contribution in [1.29, 1.82) is 0 Å². The van der Waals surface area contributed by atoms with Gasteiger partial charge < -0.3 is 15.5 Å². The van der Waals surface area contributed by atoms with E-state index in [1.165, 1.54) is 50.0 Å². The van der Waals surface area contributed by atoms with Crippen LogP contribution < -0.4 is 10.6 Å². The summed E-state index contributed by atoms with van der Waals surface area (Å²) in [5, 5.41) is 6.14. The number of nitrogens with zero attached hydrogens (tertiary/aromatic N) is 1. The van der Waals surface area contributed by atoms with Gasteiger partial charge in [-0.1, -0.05) is 31.2 Å². The van der Waals surface area contributed by atoms with Gasteiger partial charge in [-0.2, -0.15) is 0 Å². The first-order valence-electron chi connectivity index (χ1n) is 9.57. The summed E-state index contributed by atoms with van der Waals surface area (Å²) >= 11 is 0. The Bertz CT molecular complexity index is 537. The second-order valence-corrected chi connectivity index (χ2v) is 7.42. The molecule has 1 fully saturated rings. The number of carbonyl (C=O) groups is 1. The Morgan fingerprint density at radius 1 is 1.17 bits per heavy atom. The van der Waals surface area contributed by atoms with Gasteiger partial charge >= 0.3 is 6.03 Å². The molecule has 1 saturated heterocycles. The third-order valence-corrected chi connectivity index (χ3v) is 5.50. The number of hydrogen-bond acceptors (Lipinski definition) is 2. The smallest absolute Gasteiger partial charge is 0.315 e. The number of unbranched alkanes of at least 4 members (excludes halogenated alkanes) is 1. The Balaban J connectivity index is 1.28. The van der Waals surface area contributed by atoms with E-state index >= 15 is 0 Å². The average Bonchev–Trinajstić information content (AvgIpc) is 2.99. The molecule has 1 unspecified atom stereocenters. The Kier molecular flexibility index (Phi) is 6.13. The van der Waals surface area contributed by atoms with Crippen LogP contribution in [0.4, 0.5) is 4.79 Å². The van der Waals surface area contributed by atoms with Crippen LogP contribution in [0, 0.1) is 5.92 Å². The third kappa shape index (κ3) is 4.73. The van der Waals surface area contributed by atoms with Gasteiger partial charge in [0.1, 0.15) is 0 Å². The predicted molar refractivity (Wildman–Crippen MR) is 98.1 cm³/mol. The lowest BCUT2D eigenvalue weighted by atomic mass is 9.99. The highest BCUT2D eigenvalue weighted by Crippen LogP contribution is 2.30. The molecule has 1 aliphatic carbocycles. The molecule has 2 aliphatic rings. The van der Waals surface area contributed by atoms with Crippen molar-refractivity contribution in [2.75, 3.05) is 26.2 Å². The Morgan fingerprint density at radius 3 is 2.79 bits per heavy atom. The highest BCUT2D eigenvalue weighted by Gasteiger charge is 2.23. The van der Waals surface area contributed by atoms with Crippen LogP contribution in [0.25, 0.3) is 0 Å². The second kappa shape index (κ2) is 8.52. The zero-order valence-corrected chi connectivity index (χ0v) is 14.9. The summed E-state index contributed by atoms with van der Waals surface area (Å²) in [6, 6.07) is 8.57. The van der Waals surface area contributed by atoms with Crippen LogP contribution in [0.1, 0.15) is 56.2 Å². The summed E-state index contributed by atoms with van der Waals surface area (Å²) in [6.07, 6.45) is 6.98. The molecule has 1 aliphatic heterocycles. The molecule has 2 N–H and O–H groups in total. The Morgan fingerprint density at radius 2 is 1.96 bits per heavy atom. The first-order chi connectivity index (χ1) is 11.7. The molecule has 0 spiro atoms. The number of urea groups is 1. The number of likely N-dealkylation sites (tertiary alicyclic amines) is 1. The summed E-state index contributed by atoms with van der Waals surface area (Å²) in [5.41, 5.74) is 2.66. The van der Waals surface area contributed by atoms with Crippen LogP contribution in [-0.2, 0) is 6.42 Å². The molecule has 1 atom stereocenters. The van der Waals surface area contributed by atoms with Crippen LogP contribution >= 0.6 is 0 Å². The van der Waals surface area contributed by atoms with E-state index in [1.54, 1.807) is 0 Å². The van der Waals surface area contributed by atoms with Crippen molar-refractivity contribution in [3.63, 3.8) is 0 Å². The molecule has 4 nitrogen and oxygen atoms in total. The van der Waals surface area contributed by atoms with Crippen molar-refractivity contribution in [2.24, 2.45) is 5.92 Å². The molecule has 1 aromatic rings. The van der Waals surface area contributed by atoms with Crippen molar-refractivity contribution >= 4 is 6.03 Å². The number of rotatable bonds is 6. The standard InChI is InChI=1S/C20H31N3O/c1-16-10-14-23(15-11-16)13-5-4-12-21-20(24)22-19-9-8-17-6-2-3-7-18(17)19/h2-3,6-7,16,19H,4-5,8-15H2,1H3,(H2,21,22,24). The minimum Gasteiger partial charge on any atom is -0.338 e. The lowest BCUT2D eigenvalue weighted by molar-refractivity contribution is 0.189. The molecule has 0 radical (unpaired) electrons. The van der Waals surface area contributed by atoms with E-state index in [1.807, 2.05) is 0 Å². The van der Waals surface area contributed by atoms with Gasteiger partial charge in [-0.3, -0.25) is 0 Å². The minimum absolute atomic E-state index is 0.0245. The maximum absolute atomic E-state index is 12.1. The molecule has 3 rings (SSSR count). The number of benzene rings is 1. The fourth-order valence-electron chi connectivity index (χ4n) is 3.86. The Labute approximate surface area is 146 Å². The van der Waals surface area contributed by atoms with E-state index in [0.717, 1.165) is 31.7 Å². The number of piperidine rings is 1. The minimum atomic E-state index is -0.0245. The molecule has 0 saturated carbocycles. The zero-order valence-electron chi connectivity index (χ0n) is 14.9. The van der Waals surface area contributed by atoms with Gasteiger partial charge in [0.2, 0.25) is 0 Å². The van der Waals surface area contributed by atoms with Gasteiger partial charge in [0.25, 0.3) is 0 Å². The predicted octanol–water partition coefficient (Wildman–Crippen LogP) is 3.49. The molecule has 0 aromatic heterocycles. The van der Waals surface area contributed by atoms with Crippen molar-refractivity contribution < 1.29 is 4.79 Å². The summed E-state index contributed by atoms with van der Waals surface area (Å²) in [4.78, 5) is 14.6. The van der Waals surface area contributed by atoms with E-state index in [4.69, 9.17) is 0 Å². The molecule has 4 heteroatoms. The normalized spacial score (nSPS) is 21.5. The first kappa shape index (κ1) is 17.3. The lowest BCUT2D eigenvalue weighted by Gasteiger charge is -2.30. The van der Waals surface area contributed by atoms with Gasteiger partial charge in [-0.05, 0) is 75.2 Å². The zero-order chi connectivity index (χ0) is 16.8. The summed E-state index contributed by atoms with van der Waals surface area (Å²) in [6.45, 7) is 6.78. The molecule has 0 bridgehead atoms. The Hall–Kier alpha value is -1.55. The summed E-state index contributed by atoms with van der Waals surface area (Å²) in [5.74, 6) is 0.896. The molecular formula is C20H31N3O. The van der Waals surface area contributed by atoms with Crippen LogP contribution in [0.3, 0.4) is 0 Å². The second-order valence-electron chi connectivity index (χ2n) is 7.42. The van der Waals surface area contributed by atoms with E-state index < -0.39 is 0 Å². The maximum Gasteiger partial charge on any atom is 0.315 e. The maximum atomic E-state index is 12.1. The van der Waals surface area contributed by atoms with E-state index in [0.29, 0.717) is 0 Å². The fraction of sp³-hybridized carbons (Fsp3) is 0.650. The number of nitrogens with one attached hydrogen (secondary N) is 2. The monoisotopic (exact) mass is 329 g/mol. The highest BCUT2D eigenvalue weighted by atomic mass is 16.2. The van der Waals surface area contributed by atoms with Gasteiger partial charge in [0, 0.05) is 6.54 Å². The molecule has 24 heavy (non-hydrogen) atoms. The largest absolute Gasteiger partial charge is 0.338 e. The van der Waals surface area contributed by atoms with Crippen LogP contribution in [0.2, 0.25) is 0 Å². The number of fused-ring (bicyclic) bond motifs is 1. The van der Waals surface area contributed by atoms with Crippen molar-refractivity contribution in [3.8, 4) is 0 Å². The van der Waals surface area contributed by atoms with Crippen molar-refractivity contribution in [1.82, 2.24) is 15.5 Å². The topological polar surface area (TPSA) is 44.4 Å². The average molecular weight is 329 g/mol. The van der Waals surface area contributed by atoms with Crippen molar-refractivity contribution in [2.45, 2.75) is 51.5 Å². The van der Waals surface area contributed by atoms with Crippen LogP contribution in [-0.4, -0.2) is 37.1 Å². The van der Waals surface area contributed by atoms with Gasteiger partial charge in [0.15, 0.2) is 0 Å². The number of carbonyl (C=O) groups excluding carboxylic acids is 1. The molecule has 1 heterocycles. The summed E-state index contributed by atoms with van der Waals surface area (Å²) < 4.78 is 0. The molecule has 1 aromatic carbocycles. The van der Waals surface area contributed by atoms with E-state index in [2.05, 4.69) is 46.7 Å². The fourth-order valence-corrected chi connectivity index (χ4v) is 3.86. The van der Waals surface area contributed by atoms with Crippen molar-refractivity contribution in [3.05, 3.63) is 35.4 Å². The first-order valence-corrected chi connectivity index (χ1v) is 9.57. The molecule has 132 valence electrons. The van der Waals surface area contributed by atoms with Gasteiger partial charge in [0.05, 0.1) is 6.04 Å². The molecular weight excluding hydrogens is 298 g/mol. The number of hydrogen-bond donors (Lipinski definition) is 2. The third-order valence-electron chi connectivity index (χ3n) is 5.50. The lowest BCUT2D eigenvalue weighted by Crippen LogP contribution is -2.38. The highest BCUT2D eigenvalue weighted by molar-refractivity contribution is 5.74. The SMILES string of the molecule is CC1CCN(CCCCNC(=O)NC2CCc3ccccc32)CC1. The number of aryl methyl sites for hydroxylation is 1. The number of amides is 2. The summed E-state index contributed by atoms with van der Waals surface area (Å²) in [7, 11) is 0. The van der Waals surface area contributed by atoms with E-state index in [9.17, 15) is 4.79 Å². The quantitative estimate of drug-likeness (QED) is 0.785. The van der Waals surface area contributed by atoms with Crippen LogP contribution in [0.15, 0.2) is 24.3 Å². The van der Waals surface area contributed by atoms with Gasteiger partial charge in [-0.15, -0.1) is 0 Å². The van der Waals surface area contributed by atoms with Gasteiger partial charge in [-0.25, -0.2) is 4.79 Å². The van der Waals surface area contributed by atoms with Crippen LogP contribution in [0.5, 0.6) is 0 Å².